The molecule has 0 amide bonds. The van der Waals surface area contributed by atoms with E-state index >= 15 is 0 Å². The molecular weight excluding hydrogens is 220 g/mol. The van der Waals surface area contributed by atoms with Crippen LogP contribution in [0.4, 0.5) is 4.79 Å². The number of rotatable bonds is 6. The van der Waals surface area contributed by atoms with E-state index in [-0.39, 0.29) is 5.30 Å². The van der Waals surface area contributed by atoms with Crippen molar-refractivity contribution in [1.82, 2.24) is 0 Å². The second kappa shape index (κ2) is 9.52. The highest BCUT2D eigenvalue weighted by molar-refractivity contribution is 8.13. The molecule has 16 heavy (non-hydrogen) atoms. The Morgan fingerprint density at radius 3 is 2.50 bits per heavy atom. The van der Waals surface area contributed by atoms with E-state index in [1.54, 1.807) is 0 Å². The van der Waals surface area contributed by atoms with Gasteiger partial charge in [-0.25, -0.2) is 4.79 Å². The van der Waals surface area contributed by atoms with Crippen molar-refractivity contribution in [2.45, 2.75) is 40.5 Å². The largest absolute Gasteiger partial charge is 0.458 e. The first-order valence-electron chi connectivity index (χ1n) is 5.64. The lowest BCUT2D eigenvalue weighted by molar-refractivity contribution is 0.181. The minimum absolute atomic E-state index is 0.184. The van der Waals surface area contributed by atoms with Gasteiger partial charge in [-0.15, -0.1) is 0 Å². The van der Waals surface area contributed by atoms with Crippen LogP contribution in [0.15, 0.2) is 23.3 Å². The summed E-state index contributed by atoms with van der Waals surface area (Å²) >= 11 is 1.22. The van der Waals surface area contributed by atoms with E-state index < -0.39 is 0 Å². The molecule has 0 aliphatic carbocycles. The fourth-order valence-electron chi connectivity index (χ4n) is 1.10. The average molecular weight is 242 g/mol. The summed E-state index contributed by atoms with van der Waals surface area (Å²) in [5.41, 5.74) is 2.68. The highest BCUT2D eigenvalue weighted by Crippen LogP contribution is 2.10. The molecular formula is C13H22O2S. The predicted octanol–water partition coefficient (Wildman–Crippen LogP) is 4.57. The molecule has 0 unspecified atom stereocenters. The van der Waals surface area contributed by atoms with E-state index in [4.69, 9.17) is 4.74 Å². The normalized spacial score (nSPS) is 11.1. The van der Waals surface area contributed by atoms with Crippen LogP contribution in [-0.4, -0.2) is 17.7 Å². The summed E-state index contributed by atoms with van der Waals surface area (Å²) in [6, 6.07) is 0. The van der Waals surface area contributed by atoms with Crippen molar-refractivity contribution in [1.29, 1.82) is 0 Å². The van der Waals surface area contributed by atoms with Gasteiger partial charge in [-0.05, 0) is 52.3 Å². The summed E-state index contributed by atoms with van der Waals surface area (Å²) in [6.07, 6.45) is 6.47. The fraction of sp³-hybridized carbons (Fsp3) is 0.615. The average Bonchev–Trinajstić information content (AvgIpc) is 2.17. The van der Waals surface area contributed by atoms with Gasteiger partial charge in [0.2, 0.25) is 0 Å². The summed E-state index contributed by atoms with van der Waals surface area (Å²) < 4.78 is 4.82. The van der Waals surface area contributed by atoms with Crippen molar-refractivity contribution < 1.29 is 9.53 Å². The molecule has 0 radical (unpaired) electrons. The van der Waals surface area contributed by atoms with Gasteiger partial charge in [-0.1, -0.05) is 23.3 Å². The van der Waals surface area contributed by atoms with E-state index in [0.29, 0.717) is 12.4 Å². The number of hydrogen-bond donors (Lipinski definition) is 0. The van der Waals surface area contributed by atoms with Crippen molar-refractivity contribution in [2.75, 3.05) is 12.4 Å². The van der Waals surface area contributed by atoms with Crippen LogP contribution in [0.3, 0.4) is 0 Å². The SMILES string of the molecule is CCOC(=O)SC/C=C(\C)CCC=C(C)C. The standard InChI is InChI=1S/C13H22O2S/c1-5-15-13(14)16-10-9-12(4)8-6-7-11(2)3/h7,9H,5-6,8,10H2,1-4H3/b12-9+. The zero-order valence-electron chi connectivity index (χ0n) is 10.7. The number of ether oxygens (including phenoxy) is 1. The molecule has 0 saturated carbocycles. The van der Waals surface area contributed by atoms with Crippen LogP contribution < -0.4 is 0 Å². The lowest BCUT2D eigenvalue weighted by atomic mass is 10.1. The third-order valence-corrected chi connectivity index (χ3v) is 2.67. The van der Waals surface area contributed by atoms with Crippen LogP contribution in [0.5, 0.6) is 0 Å². The maximum absolute atomic E-state index is 11.0. The van der Waals surface area contributed by atoms with Gasteiger partial charge < -0.3 is 4.74 Å². The van der Waals surface area contributed by atoms with Crippen LogP contribution in [0, 0.1) is 0 Å². The molecule has 0 fully saturated rings. The Hall–Kier alpha value is -0.700. The first-order chi connectivity index (χ1) is 7.56. The van der Waals surface area contributed by atoms with Crippen molar-refractivity contribution in [3.05, 3.63) is 23.3 Å². The molecule has 0 bridgehead atoms. The molecule has 0 atom stereocenters. The molecule has 0 aromatic heterocycles. The number of carbonyl (C=O) groups excluding carboxylic acids is 1. The quantitative estimate of drug-likeness (QED) is 0.504. The molecule has 0 aromatic rings. The van der Waals surface area contributed by atoms with Gasteiger partial charge in [-0.3, -0.25) is 0 Å². The van der Waals surface area contributed by atoms with Gasteiger partial charge in [0.05, 0.1) is 6.61 Å². The van der Waals surface area contributed by atoms with Gasteiger partial charge in [0, 0.05) is 5.75 Å². The van der Waals surface area contributed by atoms with Crippen molar-refractivity contribution >= 4 is 17.1 Å². The van der Waals surface area contributed by atoms with E-state index in [0.717, 1.165) is 12.8 Å². The van der Waals surface area contributed by atoms with Crippen LogP contribution >= 0.6 is 11.8 Å². The zero-order valence-corrected chi connectivity index (χ0v) is 11.5. The summed E-state index contributed by atoms with van der Waals surface area (Å²) in [5, 5.41) is -0.184. The number of hydrogen-bond acceptors (Lipinski definition) is 3. The Morgan fingerprint density at radius 1 is 1.25 bits per heavy atom. The summed E-state index contributed by atoms with van der Waals surface area (Å²) in [5.74, 6) is 0.708. The monoisotopic (exact) mass is 242 g/mol. The Balaban J connectivity index is 3.70. The van der Waals surface area contributed by atoms with E-state index in [2.05, 4.69) is 32.9 Å². The Labute approximate surface area is 103 Å². The molecule has 0 aliphatic rings. The van der Waals surface area contributed by atoms with Crippen LogP contribution in [-0.2, 0) is 4.74 Å². The second-order valence-electron chi connectivity index (χ2n) is 3.86. The number of carbonyl (C=O) groups is 1. The van der Waals surface area contributed by atoms with Crippen molar-refractivity contribution in [2.24, 2.45) is 0 Å². The Morgan fingerprint density at radius 2 is 1.94 bits per heavy atom. The van der Waals surface area contributed by atoms with Gasteiger partial charge in [0.1, 0.15) is 0 Å². The van der Waals surface area contributed by atoms with E-state index in [1.165, 1.54) is 22.9 Å². The van der Waals surface area contributed by atoms with Crippen LogP contribution in [0.1, 0.15) is 40.5 Å². The number of thioether (sulfide) groups is 1. The molecule has 0 aliphatic heterocycles. The summed E-state index contributed by atoms with van der Waals surface area (Å²) in [6.45, 7) is 8.59. The third-order valence-electron chi connectivity index (χ3n) is 1.99. The lowest BCUT2D eigenvalue weighted by Crippen LogP contribution is -1.96. The smallest absolute Gasteiger partial charge is 0.367 e. The molecule has 0 N–H and O–H groups in total. The lowest BCUT2D eigenvalue weighted by Gasteiger charge is -2.00. The van der Waals surface area contributed by atoms with E-state index in [1.807, 2.05) is 6.92 Å². The topological polar surface area (TPSA) is 26.3 Å². The van der Waals surface area contributed by atoms with Crippen molar-refractivity contribution in [3.8, 4) is 0 Å². The van der Waals surface area contributed by atoms with Gasteiger partial charge in [0.15, 0.2) is 0 Å². The van der Waals surface area contributed by atoms with Crippen LogP contribution in [0.25, 0.3) is 0 Å². The zero-order chi connectivity index (χ0) is 12.4. The minimum atomic E-state index is -0.184. The minimum Gasteiger partial charge on any atom is -0.458 e. The second-order valence-corrected chi connectivity index (χ2v) is 4.82. The van der Waals surface area contributed by atoms with E-state index in [9.17, 15) is 4.79 Å². The molecule has 92 valence electrons. The van der Waals surface area contributed by atoms with Gasteiger partial charge in [0.25, 0.3) is 0 Å². The molecule has 0 heterocycles. The first kappa shape index (κ1) is 15.3. The summed E-state index contributed by atoms with van der Waals surface area (Å²) in [7, 11) is 0. The maximum atomic E-state index is 11.0. The highest BCUT2D eigenvalue weighted by Gasteiger charge is 1.99. The summed E-state index contributed by atoms with van der Waals surface area (Å²) in [4.78, 5) is 11.0. The molecule has 3 heteroatoms. The maximum Gasteiger partial charge on any atom is 0.367 e. The first-order valence-corrected chi connectivity index (χ1v) is 6.63. The Bertz CT molecular complexity index is 263. The third kappa shape index (κ3) is 9.84. The van der Waals surface area contributed by atoms with Gasteiger partial charge in [-0.2, -0.15) is 0 Å². The highest BCUT2D eigenvalue weighted by atomic mass is 32.2. The fourth-order valence-corrected chi connectivity index (χ4v) is 1.81. The molecule has 0 saturated heterocycles. The predicted molar refractivity (Wildman–Crippen MR) is 71.9 cm³/mol. The Kier molecular flexibility index (Phi) is 9.10. The molecule has 0 spiro atoms. The van der Waals surface area contributed by atoms with Gasteiger partial charge >= 0.3 is 5.30 Å². The molecule has 2 nitrogen and oxygen atoms in total. The van der Waals surface area contributed by atoms with Crippen molar-refractivity contribution in [3.63, 3.8) is 0 Å². The molecule has 0 rings (SSSR count). The number of allylic oxidation sites excluding steroid dienone is 3. The molecule has 0 aromatic carbocycles. The van der Waals surface area contributed by atoms with Crippen LogP contribution in [0.2, 0.25) is 0 Å².